The zero-order valence-corrected chi connectivity index (χ0v) is 16.2. The Balaban J connectivity index is 2.09. The van der Waals surface area contributed by atoms with E-state index in [1.54, 1.807) is 19.1 Å². The van der Waals surface area contributed by atoms with Crippen molar-refractivity contribution in [2.24, 2.45) is 0 Å². The van der Waals surface area contributed by atoms with Gasteiger partial charge in [0, 0.05) is 11.1 Å². The number of hydrogen-bond acceptors (Lipinski definition) is 5. The topological polar surface area (TPSA) is 78.3 Å². The van der Waals surface area contributed by atoms with Gasteiger partial charge < -0.3 is 0 Å². The van der Waals surface area contributed by atoms with Gasteiger partial charge in [0.1, 0.15) is 5.82 Å². The molecule has 3 rings (SSSR count). The van der Waals surface area contributed by atoms with Gasteiger partial charge >= 0.3 is 0 Å². The van der Waals surface area contributed by atoms with Gasteiger partial charge in [-0.3, -0.25) is 8.98 Å². The van der Waals surface area contributed by atoms with E-state index >= 15 is 0 Å². The molecule has 3 aromatic rings. The van der Waals surface area contributed by atoms with Crippen LogP contribution in [0.4, 0.5) is 4.39 Å². The lowest BCUT2D eigenvalue weighted by Crippen LogP contribution is -2.28. The molecule has 0 saturated carbocycles. The number of rotatable bonds is 6. The molecule has 146 valence electrons. The summed E-state index contributed by atoms with van der Waals surface area (Å²) < 4.78 is 42.4. The monoisotopic (exact) mass is 402 g/mol. The van der Waals surface area contributed by atoms with Crippen molar-refractivity contribution in [3.63, 3.8) is 0 Å². The van der Waals surface area contributed by atoms with Crippen LogP contribution in [0.25, 0.3) is 11.3 Å². The maximum Gasteiger partial charge on any atom is 0.272 e. The van der Waals surface area contributed by atoms with Gasteiger partial charge in [0.2, 0.25) is 0 Å². The zero-order chi connectivity index (χ0) is 20.3. The zero-order valence-electron chi connectivity index (χ0n) is 15.4. The number of nitrogens with zero attached hydrogens (tertiary/aromatic N) is 2. The van der Waals surface area contributed by atoms with Gasteiger partial charge in [-0.2, -0.15) is 13.5 Å². The van der Waals surface area contributed by atoms with Gasteiger partial charge in [-0.1, -0.05) is 30.3 Å². The Kier molecular flexibility index (Phi) is 5.71. The lowest BCUT2D eigenvalue weighted by atomic mass is 10.1. The summed E-state index contributed by atoms with van der Waals surface area (Å²) in [6.45, 7) is 1.44. The fraction of sp³-hybridized carbons (Fsp3) is 0.200. The molecule has 6 nitrogen and oxygen atoms in total. The highest BCUT2D eigenvalue weighted by Crippen LogP contribution is 2.20. The van der Waals surface area contributed by atoms with Crippen LogP contribution in [0, 0.1) is 12.7 Å². The van der Waals surface area contributed by atoms with E-state index in [4.69, 9.17) is 4.18 Å². The number of halogens is 1. The van der Waals surface area contributed by atoms with E-state index in [0.29, 0.717) is 16.8 Å². The summed E-state index contributed by atoms with van der Waals surface area (Å²) in [5, 5.41) is 4.39. The maximum atomic E-state index is 13.6. The molecule has 0 aliphatic rings. The normalized spacial score (nSPS) is 11.5. The first-order valence-corrected chi connectivity index (χ1v) is 10.3. The second kappa shape index (κ2) is 8.04. The van der Waals surface area contributed by atoms with Crippen LogP contribution in [-0.2, 0) is 27.5 Å². The third kappa shape index (κ3) is 4.90. The molecule has 0 spiro atoms. The van der Waals surface area contributed by atoms with Crippen molar-refractivity contribution in [1.29, 1.82) is 0 Å². The molecule has 0 aliphatic heterocycles. The van der Waals surface area contributed by atoms with Crippen molar-refractivity contribution in [2.45, 2.75) is 20.1 Å². The van der Waals surface area contributed by atoms with Crippen LogP contribution in [0.3, 0.4) is 0 Å². The lowest BCUT2D eigenvalue weighted by Gasteiger charge is -2.11. The first kappa shape index (κ1) is 19.9. The van der Waals surface area contributed by atoms with E-state index in [1.807, 2.05) is 30.3 Å². The Morgan fingerprint density at radius 3 is 2.46 bits per heavy atom. The minimum absolute atomic E-state index is 0.147. The molecule has 1 aromatic heterocycles. The van der Waals surface area contributed by atoms with E-state index in [9.17, 15) is 17.6 Å². The Morgan fingerprint density at radius 1 is 1.11 bits per heavy atom. The summed E-state index contributed by atoms with van der Waals surface area (Å²) in [7, 11) is -3.72. The smallest absolute Gasteiger partial charge is 0.267 e. The summed E-state index contributed by atoms with van der Waals surface area (Å²) >= 11 is 0. The fourth-order valence-corrected chi connectivity index (χ4v) is 3.02. The lowest BCUT2D eigenvalue weighted by molar-refractivity contribution is 0.308. The molecule has 0 unspecified atom stereocenters. The highest BCUT2D eigenvalue weighted by Gasteiger charge is 2.14. The van der Waals surface area contributed by atoms with E-state index in [1.165, 1.54) is 16.8 Å². The largest absolute Gasteiger partial charge is 0.272 e. The average Bonchev–Trinajstić information content (AvgIpc) is 2.65. The van der Waals surface area contributed by atoms with Crippen molar-refractivity contribution in [3.05, 3.63) is 87.5 Å². The quantitative estimate of drug-likeness (QED) is 0.593. The predicted molar refractivity (Wildman–Crippen MR) is 104 cm³/mol. The molecule has 8 heteroatoms. The molecule has 28 heavy (non-hydrogen) atoms. The van der Waals surface area contributed by atoms with Crippen molar-refractivity contribution >= 4 is 10.1 Å². The molecule has 0 aliphatic carbocycles. The van der Waals surface area contributed by atoms with Crippen molar-refractivity contribution in [3.8, 4) is 11.3 Å². The molecule has 0 saturated heterocycles. The van der Waals surface area contributed by atoms with Crippen molar-refractivity contribution in [1.82, 2.24) is 9.78 Å². The summed E-state index contributed by atoms with van der Waals surface area (Å²) in [5.41, 5.74) is 2.03. The van der Waals surface area contributed by atoms with Gasteiger partial charge in [-0.25, -0.2) is 9.07 Å². The predicted octanol–water partition coefficient (Wildman–Crippen LogP) is 2.88. The first-order chi connectivity index (χ1) is 13.2. The molecule has 0 N–H and O–H groups in total. The highest BCUT2D eigenvalue weighted by molar-refractivity contribution is 7.85. The fourth-order valence-electron chi connectivity index (χ4n) is 2.68. The summed E-state index contributed by atoms with van der Waals surface area (Å²) in [6, 6.07) is 15.3. The Hall–Kier alpha value is -2.84. The molecule has 1 heterocycles. The summed E-state index contributed by atoms with van der Waals surface area (Å²) in [6.07, 6.45) is 0.918. The van der Waals surface area contributed by atoms with Gasteiger partial charge in [0.15, 0.2) is 0 Å². The minimum Gasteiger partial charge on any atom is -0.267 e. The molecular weight excluding hydrogens is 383 g/mol. The summed E-state index contributed by atoms with van der Waals surface area (Å²) in [4.78, 5) is 12.8. The standard InChI is InChI=1S/C20H19FN2O4S/c1-14-10-16(8-9-18(14)21)19-11-17(13-27-28(2,25)26)20(24)23(22-19)12-15-6-4-3-5-7-15/h3-11H,12-13H2,1-2H3. The molecule has 0 atom stereocenters. The van der Waals surface area contributed by atoms with E-state index in [0.717, 1.165) is 11.8 Å². The van der Waals surface area contributed by atoms with E-state index in [2.05, 4.69) is 5.10 Å². The molecule has 0 fully saturated rings. The van der Waals surface area contributed by atoms with Gasteiger partial charge in [0.25, 0.3) is 15.7 Å². The molecule has 0 bridgehead atoms. The third-order valence-corrected chi connectivity index (χ3v) is 4.65. The second-order valence-corrected chi connectivity index (χ2v) is 8.08. The van der Waals surface area contributed by atoms with Gasteiger partial charge in [0.05, 0.1) is 25.1 Å². The maximum absolute atomic E-state index is 13.6. The minimum atomic E-state index is -3.72. The van der Waals surface area contributed by atoms with Gasteiger partial charge in [-0.05, 0) is 42.3 Å². The van der Waals surface area contributed by atoms with E-state index in [-0.39, 0.29) is 17.9 Å². The van der Waals surface area contributed by atoms with Crippen LogP contribution in [0.1, 0.15) is 16.7 Å². The average molecular weight is 402 g/mol. The first-order valence-electron chi connectivity index (χ1n) is 8.49. The van der Waals surface area contributed by atoms with Crippen LogP contribution < -0.4 is 5.56 Å². The van der Waals surface area contributed by atoms with Crippen LogP contribution >= 0.6 is 0 Å². The second-order valence-electron chi connectivity index (χ2n) is 6.43. The van der Waals surface area contributed by atoms with Crippen molar-refractivity contribution in [2.75, 3.05) is 6.26 Å². The summed E-state index contributed by atoms with van der Waals surface area (Å²) in [5.74, 6) is -0.345. The van der Waals surface area contributed by atoms with Crippen molar-refractivity contribution < 1.29 is 17.0 Å². The molecule has 0 radical (unpaired) electrons. The Morgan fingerprint density at radius 2 is 1.82 bits per heavy atom. The van der Waals surface area contributed by atoms with Crippen LogP contribution in [0.2, 0.25) is 0 Å². The molecular formula is C20H19FN2O4S. The number of aromatic nitrogens is 2. The Labute approximate surface area is 162 Å². The molecule has 0 amide bonds. The number of benzene rings is 2. The van der Waals surface area contributed by atoms with Crippen LogP contribution in [0.5, 0.6) is 0 Å². The molecule has 2 aromatic carbocycles. The third-order valence-electron chi connectivity index (χ3n) is 4.11. The van der Waals surface area contributed by atoms with Crippen LogP contribution in [-0.4, -0.2) is 24.5 Å². The SMILES string of the molecule is Cc1cc(-c2cc(COS(C)(=O)=O)c(=O)n(Cc3ccccc3)n2)ccc1F. The van der Waals surface area contributed by atoms with E-state index < -0.39 is 22.3 Å². The van der Waals surface area contributed by atoms with Crippen LogP contribution in [0.15, 0.2) is 59.4 Å². The highest BCUT2D eigenvalue weighted by atomic mass is 32.2. The van der Waals surface area contributed by atoms with Gasteiger partial charge in [-0.15, -0.1) is 0 Å². The number of aryl methyl sites for hydroxylation is 1. The number of hydrogen-bond donors (Lipinski definition) is 0. The Bertz CT molecular complexity index is 1160.